The van der Waals surface area contributed by atoms with E-state index in [0.717, 1.165) is 4.90 Å². The van der Waals surface area contributed by atoms with E-state index in [-0.39, 0.29) is 87.7 Å². The maximum Gasteiger partial charge on any atom is 0.303 e. The van der Waals surface area contributed by atoms with Crippen LogP contribution in [0, 0.1) is 23.7 Å². The van der Waals surface area contributed by atoms with Crippen molar-refractivity contribution in [3.63, 3.8) is 0 Å². The van der Waals surface area contributed by atoms with Crippen LogP contribution >= 0.6 is 23.5 Å². The van der Waals surface area contributed by atoms with E-state index in [4.69, 9.17) is 14.2 Å². The number of carboxylic acids is 5. The number of hydrogen-bond donors (Lipinski definition) is 11. The van der Waals surface area contributed by atoms with Gasteiger partial charge in [-0.15, -0.1) is 11.8 Å². The Balaban J connectivity index is 2.17. The molecule has 0 aromatic carbocycles. The quantitative estimate of drug-likeness (QED) is 0.0299. The predicted octanol–water partition coefficient (Wildman–Crippen LogP) is 1.04. The van der Waals surface area contributed by atoms with Gasteiger partial charge in [-0.05, 0) is 89.7 Å². The summed E-state index contributed by atoms with van der Waals surface area (Å²) in [6, 6.07) is -7.11. The normalized spacial score (nSPS) is 16.4. The van der Waals surface area contributed by atoms with Crippen LogP contribution in [0.5, 0.6) is 0 Å². The number of likely N-dealkylation sites (tertiary alicyclic amines) is 2. The number of thioether (sulfide) groups is 2. The van der Waals surface area contributed by atoms with Crippen LogP contribution in [0.3, 0.4) is 0 Å². The molecule has 0 saturated carbocycles. The monoisotopic (exact) mass is 1540 g/mol. The number of methoxy groups -OCH3 is 1. The van der Waals surface area contributed by atoms with Gasteiger partial charge in [0.05, 0.1) is 55.8 Å². The first kappa shape index (κ1) is 93.8. The van der Waals surface area contributed by atoms with Gasteiger partial charge in [-0.25, -0.2) is 0 Å². The third kappa shape index (κ3) is 38.3. The van der Waals surface area contributed by atoms with Crippen LogP contribution in [0.15, 0.2) is 0 Å². The Morgan fingerprint density at radius 2 is 1.08 bits per heavy atom. The Morgan fingerprint density at radius 1 is 0.557 bits per heavy atom. The SMILES string of the molecule is COCCOCCSC1CC(=O)N(CCC(=O)N[C@H](CCC(=O)O)C(=O)C[C@H](CCC(=O)O)C(=O)N[C@H](CCC(=O)O)C(=O)C[C@H](CCC(=O)O)C(=O)N[C@H](CCC(=O)O)C(=O)CCCOCC(=O)N2CCC[C@H]2C(=O)N[C@H](CCCC(=O)N[C@@H](CSC)C(=O)C[C@@H](C)C(=O)NCC(C)=O)CC(C)C)C1=O. The van der Waals surface area contributed by atoms with Crippen LogP contribution in [-0.4, -0.2) is 266 Å². The Labute approximate surface area is 623 Å². The molecule has 2 heterocycles. The number of ether oxygens (including phenoxy) is 3. The lowest BCUT2D eigenvalue weighted by Gasteiger charge is -2.27. The Kier molecular flexibility index (Phi) is 45.2. The number of nitrogens with zero attached hydrogens (tertiary/aromatic N) is 2. The Morgan fingerprint density at radius 3 is 1.60 bits per heavy atom. The lowest BCUT2D eigenvalue weighted by Crippen LogP contribution is -2.50. The third-order valence-corrected chi connectivity index (χ3v) is 19.1. The molecule has 0 radical (unpaired) electrons. The predicted molar refractivity (Wildman–Crippen MR) is 379 cm³/mol. The van der Waals surface area contributed by atoms with E-state index in [2.05, 4.69) is 31.9 Å². The lowest BCUT2D eigenvalue weighted by atomic mass is 9.89. The van der Waals surface area contributed by atoms with Gasteiger partial charge in [0.15, 0.2) is 23.1 Å². The minimum Gasteiger partial charge on any atom is -0.481 e. The second-order valence-electron chi connectivity index (χ2n) is 26.6. The summed E-state index contributed by atoms with van der Waals surface area (Å²) in [6.45, 7) is 6.64. The molecule has 2 aliphatic rings. The molecule has 0 aromatic rings. The summed E-state index contributed by atoms with van der Waals surface area (Å²) in [6.07, 6.45) is -5.85. The molecule has 0 bridgehead atoms. The first-order chi connectivity index (χ1) is 50.1. The Hall–Kier alpha value is -8.29. The van der Waals surface area contributed by atoms with Crippen molar-refractivity contribution in [2.75, 3.05) is 77.5 Å². The van der Waals surface area contributed by atoms with Gasteiger partial charge in [0.2, 0.25) is 53.2 Å². The molecule has 9 amide bonds. The summed E-state index contributed by atoms with van der Waals surface area (Å²) >= 11 is 2.51. The first-order valence-corrected chi connectivity index (χ1v) is 37.9. The van der Waals surface area contributed by atoms with Gasteiger partial charge in [0, 0.05) is 139 Å². The summed E-state index contributed by atoms with van der Waals surface area (Å²) in [4.78, 5) is 248. The van der Waals surface area contributed by atoms with Crippen LogP contribution in [0.25, 0.3) is 0 Å². The fourth-order valence-electron chi connectivity index (χ4n) is 11.6. The van der Waals surface area contributed by atoms with Gasteiger partial charge in [-0.1, -0.05) is 20.8 Å². The molecule has 0 aromatic heterocycles. The maximum atomic E-state index is 14.2. The Bertz CT molecular complexity index is 3060. The molecule has 0 aliphatic carbocycles. The number of aliphatic carboxylic acids is 5. The topological polar surface area (TPSA) is 532 Å². The zero-order chi connectivity index (χ0) is 79.6. The number of rotatable bonds is 60. The molecule has 10 atom stereocenters. The molecule has 2 aliphatic heterocycles. The van der Waals surface area contributed by atoms with Crippen LogP contribution in [0.4, 0.5) is 0 Å². The van der Waals surface area contributed by atoms with E-state index in [1.54, 1.807) is 13.2 Å². The van der Waals surface area contributed by atoms with E-state index >= 15 is 0 Å². The number of carboxylic acid groups (broad SMARTS) is 5. The molecular formula is C69H106N8O27S2. The van der Waals surface area contributed by atoms with Crippen LogP contribution in [-0.2, 0) is 105 Å². The number of imide groups is 1. The third-order valence-electron chi connectivity index (χ3n) is 17.3. The molecule has 0 spiro atoms. The van der Waals surface area contributed by atoms with Gasteiger partial charge in [-0.2, -0.15) is 11.8 Å². The number of Topliss-reactive ketones (excluding diaryl/α,β-unsaturated/α-hetero) is 5. The largest absolute Gasteiger partial charge is 0.481 e. The van der Waals surface area contributed by atoms with Crippen molar-refractivity contribution >= 4 is 135 Å². The molecule has 596 valence electrons. The van der Waals surface area contributed by atoms with Gasteiger partial charge in [0.25, 0.3) is 0 Å². The van der Waals surface area contributed by atoms with Crippen LogP contribution in [0.1, 0.15) is 175 Å². The first-order valence-electron chi connectivity index (χ1n) is 35.4. The van der Waals surface area contributed by atoms with Crippen molar-refractivity contribution in [3.8, 4) is 0 Å². The minimum atomic E-state index is -1.81. The number of hydrogen-bond acceptors (Lipinski definition) is 24. The van der Waals surface area contributed by atoms with Crippen molar-refractivity contribution in [3.05, 3.63) is 0 Å². The lowest BCUT2D eigenvalue weighted by molar-refractivity contribution is -0.142. The fourth-order valence-corrected chi connectivity index (χ4v) is 13.3. The zero-order valence-electron chi connectivity index (χ0n) is 61.1. The van der Waals surface area contributed by atoms with Gasteiger partial charge in [0.1, 0.15) is 18.4 Å². The average Bonchev–Trinajstić information content (AvgIpc) is 1.66. The molecule has 2 rings (SSSR count). The standard InChI is InChI=1S/C69H106N8O27S2/c1-40(2)32-45(10-7-13-56(83)73-49(39-105-6)52(80)33-41(3)65(97)70-37-42(4)78)71-68(100)50-11-8-25-76(50)59(86)38-104-27-9-12-51(79)46(16-21-62(91)92)74-66(98)44(15-20-61(89)90)35-54(82)48(18-23-64(95)96)75-67(99)43(14-19-60(87)88)34-53(81)47(17-22-63(93)94)72-57(84)24-26-77-58(85)36-55(69(77)101)106-31-30-103-29-28-102-5/h40-41,43-50,55H,7-39H2,1-6H3,(H,70,97)(H,71,100)(H,72,84)(H,73,83)(H,74,98)(H,75,99)(H,87,88)(H,89,90)(H,91,92)(H,93,94)(H,95,96)/t41-,43+,44+,45-,46-,47-,48-,49+,50+,55?/m1/s1. The number of nitrogens with one attached hydrogen (secondary N) is 6. The van der Waals surface area contributed by atoms with E-state index in [1.165, 1.54) is 42.5 Å². The van der Waals surface area contributed by atoms with E-state index in [1.807, 2.05) is 13.8 Å². The number of carbonyl (C=O) groups excluding carboxylic acids is 14. The number of carbonyl (C=O) groups is 19. The second-order valence-corrected chi connectivity index (χ2v) is 28.8. The molecular weight excluding hydrogens is 1440 g/mol. The zero-order valence-corrected chi connectivity index (χ0v) is 62.7. The summed E-state index contributed by atoms with van der Waals surface area (Å²) < 4.78 is 15.9. The van der Waals surface area contributed by atoms with E-state index in [0.29, 0.717) is 51.1 Å². The summed E-state index contributed by atoms with van der Waals surface area (Å²) in [5, 5.41) is 62.5. The van der Waals surface area contributed by atoms with Crippen molar-refractivity contribution in [2.24, 2.45) is 23.7 Å². The molecule has 2 fully saturated rings. The summed E-state index contributed by atoms with van der Waals surface area (Å²) in [5.41, 5.74) is 0. The summed E-state index contributed by atoms with van der Waals surface area (Å²) in [5.74, 6) is -20.0. The van der Waals surface area contributed by atoms with Crippen molar-refractivity contribution in [1.29, 1.82) is 0 Å². The summed E-state index contributed by atoms with van der Waals surface area (Å²) in [7, 11) is 1.50. The van der Waals surface area contributed by atoms with E-state index in [9.17, 15) is 117 Å². The van der Waals surface area contributed by atoms with E-state index < -0.39 is 250 Å². The minimum absolute atomic E-state index is 0.0261. The van der Waals surface area contributed by atoms with Gasteiger partial charge < -0.3 is 76.5 Å². The molecule has 106 heavy (non-hydrogen) atoms. The number of ketones is 5. The highest BCUT2D eigenvalue weighted by atomic mass is 32.2. The highest BCUT2D eigenvalue weighted by Crippen LogP contribution is 2.27. The van der Waals surface area contributed by atoms with Crippen LogP contribution < -0.4 is 31.9 Å². The van der Waals surface area contributed by atoms with Crippen LogP contribution in [0.2, 0.25) is 0 Å². The highest BCUT2D eigenvalue weighted by molar-refractivity contribution is 8.00. The average molecular weight is 1540 g/mol. The molecule has 35 nitrogen and oxygen atoms in total. The smallest absolute Gasteiger partial charge is 0.303 e. The van der Waals surface area contributed by atoms with Crippen molar-refractivity contribution in [2.45, 2.75) is 217 Å². The highest BCUT2D eigenvalue weighted by Gasteiger charge is 2.40. The molecule has 11 N–H and O–H groups in total. The molecule has 1 unspecified atom stereocenters. The van der Waals surface area contributed by atoms with Gasteiger partial charge >= 0.3 is 29.8 Å². The maximum absolute atomic E-state index is 14.2. The van der Waals surface area contributed by atoms with Crippen molar-refractivity contribution in [1.82, 2.24) is 41.7 Å². The fraction of sp³-hybridized carbons (Fsp3) is 0.725. The second kappa shape index (κ2) is 51.1. The van der Waals surface area contributed by atoms with Crippen molar-refractivity contribution < 1.29 is 131 Å². The number of amides is 9. The molecule has 2 saturated heterocycles. The van der Waals surface area contributed by atoms with Gasteiger partial charge in [-0.3, -0.25) is 96.0 Å². The molecule has 37 heteroatoms.